The molecule has 0 fully saturated rings. The van der Waals surface area contributed by atoms with Gasteiger partial charge in [-0.15, -0.1) is 0 Å². The lowest BCUT2D eigenvalue weighted by Crippen LogP contribution is -2.06. The van der Waals surface area contributed by atoms with Crippen LogP contribution in [0.25, 0.3) is 0 Å². The highest BCUT2D eigenvalue weighted by Gasteiger charge is 2.12. The topological polar surface area (TPSA) is 95.9 Å². The first-order chi connectivity index (χ1) is 9.45. The van der Waals surface area contributed by atoms with Crippen LogP contribution in [-0.4, -0.2) is 26.0 Å². The molecule has 0 amide bonds. The van der Waals surface area contributed by atoms with Gasteiger partial charge in [0.25, 0.3) is 5.56 Å². The van der Waals surface area contributed by atoms with E-state index in [1.54, 1.807) is 6.07 Å². The van der Waals surface area contributed by atoms with Crippen molar-refractivity contribution in [2.75, 3.05) is 0 Å². The second-order valence-electron chi connectivity index (χ2n) is 4.42. The number of carboxylic acid groups (broad SMARTS) is 1. The Morgan fingerprint density at radius 1 is 1.40 bits per heavy atom. The number of carbonyl (C=O) groups is 1. The minimum absolute atomic E-state index is 0.108. The molecular formula is C13H13N3O3S. The van der Waals surface area contributed by atoms with E-state index in [-0.39, 0.29) is 17.0 Å². The maximum atomic E-state index is 11.2. The molecule has 2 heterocycles. The van der Waals surface area contributed by atoms with Crippen LogP contribution < -0.4 is 5.56 Å². The highest BCUT2D eigenvalue weighted by molar-refractivity contribution is 7.99. The van der Waals surface area contributed by atoms with Gasteiger partial charge in [0.15, 0.2) is 5.16 Å². The Morgan fingerprint density at radius 3 is 2.75 bits per heavy atom. The van der Waals surface area contributed by atoms with Crippen LogP contribution in [0, 0.1) is 0 Å². The third-order valence-corrected chi connectivity index (χ3v) is 3.33. The predicted molar refractivity (Wildman–Crippen MR) is 74.3 cm³/mol. The summed E-state index contributed by atoms with van der Waals surface area (Å²) in [4.78, 5) is 33.3. The Balaban J connectivity index is 2.40. The number of aromatic carboxylic acids is 1. The van der Waals surface area contributed by atoms with Gasteiger partial charge in [-0.05, 0) is 29.8 Å². The fraction of sp³-hybridized carbons (Fsp3) is 0.231. The second kappa shape index (κ2) is 5.87. The summed E-state index contributed by atoms with van der Waals surface area (Å²) < 4.78 is 0. The number of hydrogen-bond acceptors (Lipinski definition) is 5. The molecule has 0 aliphatic carbocycles. The van der Waals surface area contributed by atoms with E-state index < -0.39 is 5.97 Å². The molecule has 2 aromatic rings. The van der Waals surface area contributed by atoms with Crippen LogP contribution in [0.5, 0.6) is 0 Å². The lowest BCUT2D eigenvalue weighted by molar-refractivity contribution is 0.0696. The molecule has 6 nitrogen and oxygen atoms in total. The Labute approximate surface area is 119 Å². The fourth-order valence-corrected chi connectivity index (χ4v) is 2.30. The number of pyridine rings is 1. The summed E-state index contributed by atoms with van der Waals surface area (Å²) in [6.07, 6.45) is 1.39. The van der Waals surface area contributed by atoms with E-state index in [2.05, 4.69) is 15.0 Å². The highest BCUT2D eigenvalue weighted by atomic mass is 32.2. The smallest absolute Gasteiger partial charge is 0.335 e. The van der Waals surface area contributed by atoms with Crippen molar-refractivity contribution < 1.29 is 9.90 Å². The standard InChI is InChI=1S/C13H13N3O3S/c1-7(2)9-5-8(12(18)19)6-11(15-9)20-13-14-4-3-10(17)16-13/h3-7H,1-2H3,(H,18,19)(H,14,16,17). The zero-order chi connectivity index (χ0) is 14.7. The Hall–Kier alpha value is -2.15. The summed E-state index contributed by atoms with van der Waals surface area (Å²) >= 11 is 1.12. The SMILES string of the molecule is CC(C)c1cc(C(=O)O)cc(Sc2nccc(=O)[nH]2)n1. The molecule has 0 spiro atoms. The average Bonchev–Trinajstić information content (AvgIpc) is 2.38. The Bertz CT molecular complexity index is 697. The first-order valence-corrected chi connectivity index (χ1v) is 6.76. The maximum Gasteiger partial charge on any atom is 0.335 e. The summed E-state index contributed by atoms with van der Waals surface area (Å²) in [5.41, 5.74) is 0.594. The van der Waals surface area contributed by atoms with Gasteiger partial charge in [-0.1, -0.05) is 13.8 Å². The molecule has 0 radical (unpaired) electrons. The quantitative estimate of drug-likeness (QED) is 0.838. The first kappa shape index (κ1) is 14.3. The summed E-state index contributed by atoms with van der Waals surface area (Å²) in [7, 11) is 0. The second-order valence-corrected chi connectivity index (χ2v) is 5.43. The van der Waals surface area contributed by atoms with E-state index in [4.69, 9.17) is 5.11 Å². The molecule has 0 aliphatic heterocycles. The summed E-state index contributed by atoms with van der Waals surface area (Å²) in [6.45, 7) is 3.87. The monoisotopic (exact) mass is 291 g/mol. The average molecular weight is 291 g/mol. The van der Waals surface area contributed by atoms with E-state index in [9.17, 15) is 9.59 Å². The van der Waals surface area contributed by atoms with E-state index in [0.29, 0.717) is 15.9 Å². The third-order valence-electron chi connectivity index (χ3n) is 2.51. The first-order valence-electron chi connectivity index (χ1n) is 5.94. The van der Waals surface area contributed by atoms with Crippen molar-refractivity contribution in [2.45, 2.75) is 29.9 Å². The van der Waals surface area contributed by atoms with Gasteiger partial charge in [-0.2, -0.15) is 0 Å². The van der Waals surface area contributed by atoms with Crippen molar-refractivity contribution in [1.82, 2.24) is 15.0 Å². The molecule has 7 heteroatoms. The number of hydrogen-bond donors (Lipinski definition) is 2. The van der Waals surface area contributed by atoms with Gasteiger partial charge >= 0.3 is 5.97 Å². The minimum Gasteiger partial charge on any atom is -0.478 e. The van der Waals surface area contributed by atoms with Crippen LogP contribution >= 0.6 is 11.8 Å². The van der Waals surface area contributed by atoms with E-state index >= 15 is 0 Å². The molecule has 0 atom stereocenters. The lowest BCUT2D eigenvalue weighted by atomic mass is 10.1. The van der Waals surface area contributed by atoms with E-state index in [0.717, 1.165) is 11.8 Å². The van der Waals surface area contributed by atoms with Gasteiger partial charge in [0.1, 0.15) is 5.03 Å². The molecule has 20 heavy (non-hydrogen) atoms. The van der Waals surface area contributed by atoms with Gasteiger partial charge in [0.05, 0.1) is 5.56 Å². The zero-order valence-electron chi connectivity index (χ0n) is 11.0. The summed E-state index contributed by atoms with van der Waals surface area (Å²) in [5, 5.41) is 9.98. The summed E-state index contributed by atoms with van der Waals surface area (Å²) in [6, 6.07) is 4.33. The lowest BCUT2D eigenvalue weighted by Gasteiger charge is -2.08. The number of rotatable bonds is 4. The van der Waals surface area contributed by atoms with Crippen LogP contribution in [0.3, 0.4) is 0 Å². The van der Waals surface area contributed by atoms with Crippen LogP contribution in [0.1, 0.15) is 35.8 Å². The largest absolute Gasteiger partial charge is 0.478 e. The molecule has 2 rings (SSSR count). The van der Waals surface area contributed by atoms with Crippen molar-refractivity contribution in [3.8, 4) is 0 Å². The van der Waals surface area contributed by atoms with Crippen LogP contribution in [-0.2, 0) is 0 Å². The molecule has 0 saturated carbocycles. The molecule has 0 bridgehead atoms. The van der Waals surface area contributed by atoms with Gasteiger partial charge in [0.2, 0.25) is 0 Å². The maximum absolute atomic E-state index is 11.2. The number of H-pyrrole nitrogens is 1. The van der Waals surface area contributed by atoms with Gasteiger partial charge < -0.3 is 10.1 Å². The number of carboxylic acids is 1. The minimum atomic E-state index is -1.01. The number of nitrogens with one attached hydrogen (secondary N) is 1. The molecule has 2 aromatic heterocycles. The third kappa shape index (κ3) is 3.45. The molecule has 0 saturated heterocycles. The van der Waals surface area contributed by atoms with Crippen LogP contribution in [0.2, 0.25) is 0 Å². The Morgan fingerprint density at radius 2 is 2.15 bits per heavy atom. The highest BCUT2D eigenvalue weighted by Crippen LogP contribution is 2.25. The number of nitrogens with zero attached hydrogens (tertiary/aromatic N) is 2. The van der Waals surface area contributed by atoms with Crippen molar-refractivity contribution in [1.29, 1.82) is 0 Å². The number of aromatic amines is 1. The predicted octanol–water partition coefficient (Wildman–Crippen LogP) is 2.14. The molecule has 2 N–H and O–H groups in total. The molecule has 0 unspecified atom stereocenters. The number of aromatic nitrogens is 3. The van der Waals surface area contributed by atoms with Crippen molar-refractivity contribution in [3.63, 3.8) is 0 Å². The molecular weight excluding hydrogens is 278 g/mol. The van der Waals surface area contributed by atoms with Crippen LogP contribution in [0.4, 0.5) is 0 Å². The fourth-order valence-electron chi connectivity index (χ4n) is 1.50. The van der Waals surface area contributed by atoms with Gasteiger partial charge in [0, 0.05) is 18.0 Å². The molecule has 0 aromatic carbocycles. The normalized spacial score (nSPS) is 10.8. The van der Waals surface area contributed by atoms with Crippen molar-refractivity contribution >= 4 is 17.7 Å². The van der Waals surface area contributed by atoms with Gasteiger partial charge in [-0.3, -0.25) is 4.79 Å². The Kier molecular flexibility index (Phi) is 4.19. The molecule has 104 valence electrons. The van der Waals surface area contributed by atoms with Crippen LogP contribution in [0.15, 0.2) is 39.4 Å². The zero-order valence-corrected chi connectivity index (χ0v) is 11.8. The van der Waals surface area contributed by atoms with E-state index in [1.807, 2.05) is 13.8 Å². The van der Waals surface area contributed by atoms with E-state index in [1.165, 1.54) is 18.3 Å². The van der Waals surface area contributed by atoms with Crippen molar-refractivity contribution in [3.05, 3.63) is 46.0 Å². The molecule has 0 aliphatic rings. The summed E-state index contributed by atoms with van der Waals surface area (Å²) in [5.74, 6) is -0.901. The van der Waals surface area contributed by atoms with Gasteiger partial charge in [-0.25, -0.2) is 14.8 Å². The van der Waals surface area contributed by atoms with Crippen molar-refractivity contribution in [2.24, 2.45) is 0 Å².